The normalized spacial score (nSPS) is 15.3. The van der Waals surface area contributed by atoms with Crippen LogP contribution >= 0.6 is 0 Å². The van der Waals surface area contributed by atoms with Gasteiger partial charge in [0, 0.05) is 37.6 Å². The smallest absolute Gasteiger partial charge is 0.409 e. The molecule has 2 heterocycles. The molecule has 0 spiro atoms. The summed E-state index contributed by atoms with van der Waals surface area (Å²) in [5, 5.41) is 14.6. The van der Waals surface area contributed by atoms with Crippen molar-refractivity contribution in [2.24, 2.45) is 5.92 Å². The number of para-hydroxylation sites is 1. The number of carbonyl (C=O) groups is 5. The highest BCUT2D eigenvalue weighted by Gasteiger charge is 2.32. The number of carbonyl (C=O) groups excluding carboxylic acids is 4. The van der Waals surface area contributed by atoms with E-state index in [0.29, 0.717) is 43.7 Å². The molecule has 3 N–H and O–H groups in total. The van der Waals surface area contributed by atoms with E-state index < -0.39 is 42.5 Å². The number of fused-ring (bicyclic) bond motifs is 1. The van der Waals surface area contributed by atoms with Crippen molar-refractivity contribution in [1.82, 2.24) is 25.4 Å². The van der Waals surface area contributed by atoms with Crippen LogP contribution in [0.3, 0.4) is 0 Å². The summed E-state index contributed by atoms with van der Waals surface area (Å²) in [6.45, 7) is 2.60. The maximum atomic E-state index is 13.3. The minimum absolute atomic E-state index is 0.0775. The molecular weight excluding hydrogens is 498 g/mol. The number of amides is 3. The van der Waals surface area contributed by atoms with Crippen LogP contribution in [-0.2, 0) is 19.1 Å². The minimum atomic E-state index is -1.25. The van der Waals surface area contributed by atoms with Crippen LogP contribution in [0.1, 0.15) is 23.8 Å². The number of benzene rings is 1. The van der Waals surface area contributed by atoms with Gasteiger partial charge in [-0.15, -0.1) is 0 Å². The van der Waals surface area contributed by atoms with Gasteiger partial charge in [-0.1, -0.05) is 12.1 Å². The van der Waals surface area contributed by atoms with Crippen molar-refractivity contribution in [3.63, 3.8) is 0 Å². The van der Waals surface area contributed by atoms with E-state index in [1.165, 1.54) is 18.1 Å². The van der Waals surface area contributed by atoms with Gasteiger partial charge >= 0.3 is 12.1 Å². The molecule has 204 valence electrons. The van der Waals surface area contributed by atoms with Crippen LogP contribution in [-0.4, -0.2) is 103 Å². The Morgan fingerprint density at radius 1 is 1.16 bits per heavy atom. The Labute approximate surface area is 219 Å². The highest BCUT2D eigenvalue weighted by atomic mass is 16.6. The Balaban J connectivity index is 1.82. The molecule has 1 fully saturated rings. The van der Waals surface area contributed by atoms with Crippen molar-refractivity contribution in [2.75, 3.05) is 46.4 Å². The van der Waals surface area contributed by atoms with Crippen molar-refractivity contribution >= 4 is 41.1 Å². The van der Waals surface area contributed by atoms with Gasteiger partial charge in [0.2, 0.25) is 5.91 Å². The third kappa shape index (κ3) is 7.16. The summed E-state index contributed by atoms with van der Waals surface area (Å²) in [5.41, 5.74) is 0.629. The van der Waals surface area contributed by atoms with Crippen LogP contribution in [0.15, 0.2) is 30.3 Å². The van der Waals surface area contributed by atoms with Crippen molar-refractivity contribution < 1.29 is 38.6 Å². The van der Waals surface area contributed by atoms with Gasteiger partial charge in [0.25, 0.3) is 5.91 Å². The van der Waals surface area contributed by atoms with Gasteiger partial charge in [-0.3, -0.25) is 19.3 Å². The zero-order chi connectivity index (χ0) is 27.7. The Bertz CT molecular complexity index is 1180. The topological polar surface area (TPSA) is 167 Å². The second-order valence-electron chi connectivity index (χ2n) is 8.53. The van der Waals surface area contributed by atoms with Crippen LogP contribution < -0.4 is 15.4 Å². The van der Waals surface area contributed by atoms with Crippen LogP contribution in [0.4, 0.5) is 4.79 Å². The summed E-state index contributed by atoms with van der Waals surface area (Å²) in [5.74, 6) is -3.33. The first-order chi connectivity index (χ1) is 18.3. The molecule has 2 unspecified atom stereocenters. The fourth-order valence-electron chi connectivity index (χ4n) is 4.14. The highest BCUT2D eigenvalue weighted by Crippen LogP contribution is 2.25. The van der Waals surface area contributed by atoms with Crippen molar-refractivity contribution in [3.05, 3.63) is 36.0 Å². The monoisotopic (exact) mass is 529 g/mol. The van der Waals surface area contributed by atoms with Gasteiger partial charge < -0.3 is 34.9 Å². The molecule has 2 aromatic rings. The number of hydrogen-bond donors (Lipinski definition) is 3. The third-order valence-electron chi connectivity index (χ3n) is 6.10. The fraction of sp³-hybridized carbons (Fsp3) is 0.440. The van der Waals surface area contributed by atoms with Gasteiger partial charge in [0.15, 0.2) is 0 Å². The molecule has 38 heavy (non-hydrogen) atoms. The average molecular weight is 530 g/mol. The zero-order valence-electron chi connectivity index (χ0n) is 21.2. The molecule has 0 aliphatic carbocycles. The molecule has 0 radical (unpaired) electrons. The highest BCUT2D eigenvalue weighted by molar-refractivity contribution is 5.97. The number of nitrogens with zero attached hydrogens (tertiary/aromatic N) is 3. The Morgan fingerprint density at radius 3 is 2.50 bits per heavy atom. The summed E-state index contributed by atoms with van der Waals surface area (Å²) < 4.78 is 10.5. The van der Waals surface area contributed by atoms with Crippen LogP contribution in [0.5, 0.6) is 5.75 Å². The number of piperazine rings is 1. The molecule has 3 rings (SSSR count). The number of nitrogens with one attached hydrogen (secondary N) is 2. The summed E-state index contributed by atoms with van der Waals surface area (Å²) in [4.78, 5) is 68.3. The molecule has 1 saturated heterocycles. The van der Waals surface area contributed by atoms with Gasteiger partial charge in [0.1, 0.15) is 24.3 Å². The first-order valence-corrected chi connectivity index (χ1v) is 12.1. The maximum Gasteiger partial charge on any atom is 0.409 e. The second kappa shape index (κ2) is 13.3. The summed E-state index contributed by atoms with van der Waals surface area (Å²) in [6, 6.07) is 8.68. The number of carboxylic acids is 1. The predicted molar refractivity (Wildman–Crippen MR) is 135 cm³/mol. The Kier molecular flexibility index (Phi) is 9.93. The molecule has 13 heteroatoms. The third-order valence-corrected chi connectivity index (χ3v) is 6.10. The second-order valence-corrected chi connectivity index (χ2v) is 8.53. The van der Waals surface area contributed by atoms with Crippen LogP contribution in [0, 0.1) is 5.92 Å². The van der Waals surface area contributed by atoms with E-state index >= 15 is 0 Å². The van der Waals surface area contributed by atoms with Crippen LogP contribution in [0.2, 0.25) is 0 Å². The molecule has 3 amide bonds. The Morgan fingerprint density at radius 2 is 1.87 bits per heavy atom. The van der Waals surface area contributed by atoms with E-state index in [2.05, 4.69) is 15.6 Å². The van der Waals surface area contributed by atoms with Crippen molar-refractivity contribution in [1.29, 1.82) is 0 Å². The number of methoxy groups -OCH3 is 1. The average Bonchev–Trinajstić information content (AvgIpc) is 2.93. The zero-order valence-corrected chi connectivity index (χ0v) is 21.2. The van der Waals surface area contributed by atoms with Crippen LogP contribution in [0.25, 0.3) is 10.9 Å². The lowest BCUT2D eigenvalue weighted by Crippen LogP contribution is -2.58. The van der Waals surface area contributed by atoms with E-state index in [0.717, 1.165) is 5.39 Å². The van der Waals surface area contributed by atoms with E-state index in [-0.39, 0.29) is 18.7 Å². The molecule has 1 aliphatic heterocycles. The largest absolute Gasteiger partial charge is 0.496 e. The predicted octanol–water partition coefficient (Wildman–Crippen LogP) is 0.479. The molecule has 0 bridgehead atoms. The molecule has 2 atom stereocenters. The van der Waals surface area contributed by atoms with Crippen molar-refractivity contribution in [2.45, 2.75) is 19.5 Å². The number of rotatable bonds is 11. The van der Waals surface area contributed by atoms with Gasteiger partial charge in [0.05, 0.1) is 31.3 Å². The lowest BCUT2D eigenvalue weighted by molar-refractivity contribution is -0.139. The molecule has 13 nitrogen and oxygen atoms in total. The van der Waals surface area contributed by atoms with Crippen molar-refractivity contribution in [3.8, 4) is 5.75 Å². The van der Waals surface area contributed by atoms with Gasteiger partial charge in [-0.25, -0.2) is 9.78 Å². The minimum Gasteiger partial charge on any atom is -0.496 e. The summed E-state index contributed by atoms with van der Waals surface area (Å²) >= 11 is 0. The summed E-state index contributed by atoms with van der Waals surface area (Å²) in [7, 11) is 1.49. The number of aliphatic carboxylic acids is 1. The number of carboxylic acid groups (broad SMARTS) is 1. The van der Waals surface area contributed by atoms with Gasteiger partial charge in [-0.2, -0.15) is 0 Å². The standard InChI is InChI=1S/C25H31N5O8/c1-3-38-25(36)30-10-8-29(9-11-30)21(12-16(15-31)23(34)26-14-22(32)33)28-24(35)19-13-20(37-2)17-6-4-5-7-18(17)27-19/h4-7,13,15-16,21H,3,8-12,14H2,1-2H3,(H,26,34)(H,28,35)(H,32,33). The maximum absolute atomic E-state index is 13.3. The van der Waals surface area contributed by atoms with Gasteiger partial charge in [-0.05, 0) is 25.5 Å². The lowest BCUT2D eigenvalue weighted by atomic mass is 10.0. The molecule has 1 aliphatic rings. The van der Waals surface area contributed by atoms with E-state index in [1.54, 1.807) is 19.1 Å². The first-order valence-electron chi connectivity index (χ1n) is 12.1. The first kappa shape index (κ1) is 28.3. The Hall–Kier alpha value is -4.26. The van der Waals surface area contributed by atoms with E-state index in [9.17, 15) is 24.0 Å². The quantitative estimate of drug-likeness (QED) is 0.275. The number of hydrogen-bond acceptors (Lipinski definition) is 9. The molecular formula is C25H31N5O8. The molecule has 1 aromatic heterocycles. The lowest BCUT2D eigenvalue weighted by Gasteiger charge is -2.39. The van der Waals surface area contributed by atoms with E-state index in [1.807, 2.05) is 17.0 Å². The number of aldehydes is 1. The number of ether oxygens (including phenoxy) is 2. The van der Waals surface area contributed by atoms with E-state index in [4.69, 9.17) is 14.6 Å². The number of aromatic nitrogens is 1. The fourth-order valence-corrected chi connectivity index (χ4v) is 4.14. The molecule has 0 saturated carbocycles. The number of pyridine rings is 1. The summed E-state index contributed by atoms with van der Waals surface area (Å²) in [6.07, 6.45) is -0.941. The molecule has 1 aromatic carbocycles. The SMILES string of the molecule is CCOC(=O)N1CCN(C(CC(C=O)C(=O)NCC(=O)O)NC(=O)c2cc(OC)c3ccccc3n2)CC1.